The molecule has 0 fully saturated rings. The fraction of sp³-hybridized carbons (Fsp3) is 0.318. The maximum absolute atomic E-state index is 5.99. The minimum atomic E-state index is 0.414. The Morgan fingerprint density at radius 1 is 0.963 bits per heavy atom. The van der Waals surface area contributed by atoms with Gasteiger partial charge in [-0.05, 0) is 48.9 Å². The molecule has 2 aromatic carbocycles. The highest BCUT2D eigenvalue weighted by Crippen LogP contribution is 2.29. The molecule has 142 valence electrons. The number of hydrogen-bond acceptors (Lipinski definition) is 4. The molecule has 0 aliphatic rings. The lowest BCUT2D eigenvalue weighted by atomic mass is 10.1. The summed E-state index contributed by atoms with van der Waals surface area (Å²) in [5, 5.41) is 7.47. The number of nitrogens with zero attached hydrogens (tertiary/aromatic N) is 1. The van der Waals surface area contributed by atoms with Crippen molar-refractivity contribution >= 4 is 5.69 Å². The quantitative estimate of drug-likeness (QED) is 0.383. The van der Waals surface area contributed by atoms with Crippen LogP contribution in [0.25, 0.3) is 11.3 Å². The number of nitrogen functional groups attached to an aromatic ring is 1. The molecular weight excluding hydrogens is 338 g/mol. The molecule has 3 aromatic rings. The molecule has 5 nitrogen and oxygen atoms in total. The molecule has 0 saturated carbocycles. The zero-order chi connectivity index (χ0) is 18.9. The molecular formula is C22H27N3O2. The Kier molecular flexibility index (Phi) is 6.74. The highest BCUT2D eigenvalue weighted by molar-refractivity contribution is 5.67. The molecule has 0 amide bonds. The van der Waals surface area contributed by atoms with Crippen molar-refractivity contribution in [3.63, 3.8) is 0 Å². The van der Waals surface area contributed by atoms with Crippen LogP contribution >= 0.6 is 0 Å². The van der Waals surface area contributed by atoms with Crippen molar-refractivity contribution in [2.75, 3.05) is 12.3 Å². The molecule has 27 heavy (non-hydrogen) atoms. The Hall–Kier alpha value is -2.95. The fourth-order valence-corrected chi connectivity index (χ4v) is 2.81. The maximum atomic E-state index is 5.99. The standard InChI is InChI=1S/C22H27N3O2/c1-2-3-4-7-14-26-22-9-6-5-8-20(22)21-15-18(24-25-21)16-27-19-12-10-17(23)11-13-19/h5-6,8-13,15H,2-4,7,14,16,23H2,1H3,(H,24,25). The summed E-state index contributed by atoms with van der Waals surface area (Å²) >= 11 is 0. The Morgan fingerprint density at radius 2 is 1.78 bits per heavy atom. The highest BCUT2D eigenvalue weighted by Gasteiger charge is 2.10. The Bertz CT molecular complexity index is 828. The summed E-state index contributed by atoms with van der Waals surface area (Å²) in [6.07, 6.45) is 4.75. The van der Waals surface area contributed by atoms with E-state index in [-0.39, 0.29) is 0 Å². The smallest absolute Gasteiger partial charge is 0.130 e. The second kappa shape index (κ2) is 9.67. The van der Waals surface area contributed by atoms with E-state index in [0.29, 0.717) is 6.61 Å². The van der Waals surface area contributed by atoms with Gasteiger partial charge in [-0.25, -0.2) is 0 Å². The Labute approximate surface area is 160 Å². The molecule has 0 bridgehead atoms. The van der Waals surface area contributed by atoms with E-state index in [1.165, 1.54) is 19.3 Å². The van der Waals surface area contributed by atoms with Crippen LogP contribution in [0.2, 0.25) is 0 Å². The molecule has 3 rings (SSSR count). The molecule has 3 N–H and O–H groups in total. The van der Waals surface area contributed by atoms with E-state index in [1.54, 1.807) is 0 Å². The number of aromatic amines is 1. The predicted octanol–water partition coefficient (Wildman–Crippen LogP) is 5.20. The molecule has 0 saturated heterocycles. The van der Waals surface area contributed by atoms with E-state index in [2.05, 4.69) is 17.1 Å². The Balaban J connectivity index is 1.61. The topological polar surface area (TPSA) is 73.2 Å². The average molecular weight is 365 g/mol. The summed E-state index contributed by atoms with van der Waals surface area (Å²) in [4.78, 5) is 0. The van der Waals surface area contributed by atoms with Crippen molar-refractivity contribution in [2.24, 2.45) is 0 Å². The zero-order valence-corrected chi connectivity index (χ0v) is 15.8. The molecule has 1 heterocycles. The molecule has 0 atom stereocenters. The summed E-state index contributed by atoms with van der Waals surface area (Å²) in [6, 6.07) is 17.4. The first-order chi connectivity index (χ1) is 13.3. The minimum Gasteiger partial charge on any atom is -0.493 e. The van der Waals surface area contributed by atoms with Crippen LogP contribution in [-0.2, 0) is 6.61 Å². The molecule has 0 aliphatic heterocycles. The number of hydrogen-bond donors (Lipinski definition) is 2. The molecule has 5 heteroatoms. The molecule has 0 spiro atoms. The van der Waals surface area contributed by atoms with E-state index in [9.17, 15) is 0 Å². The minimum absolute atomic E-state index is 0.414. The first-order valence-electron chi connectivity index (χ1n) is 9.51. The number of unbranched alkanes of at least 4 members (excludes halogenated alkanes) is 3. The Morgan fingerprint density at radius 3 is 2.59 bits per heavy atom. The lowest BCUT2D eigenvalue weighted by Gasteiger charge is -2.09. The summed E-state index contributed by atoms with van der Waals surface area (Å²) in [6.45, 7) is 3.35. The van der Waals surface area contributed by atoms with E-state index in [1.807, 2.05) is 54.6 Å². The van der Waals surface area contributed by atoms with E-state index in [4.69, 9.17) is 15.2 Å². The number of nitrogens with two attached hydrogens (primary N) is 1. The van der Waals surface area contributed by atoms with Gasteiger partial charge in [-0.3, -0.25) is 5.10 Å². The number of ether oxygens (including phenoxy) is 2. The number of para-hydroxylation sites is 1. The van der Waals surface area contributed by atoms with Crippen molar-refractivity contribution in [3.8, 4) is 22.8 Å². The van der Waals surface area contributed by atoms with Crippen molar-refractivity contribution in [2.45, 2.75) is 39.2 Å². The third-order valence-electron chi connectivity index (χ3n) is 4.32. The maximum Gasteiger partial charge on any atom is 0.130 e. The predicted molar refractivity (Wildman–Crippen MR) is 109 cm³/mol. The van der Waals surface area contributed by atoms with Gasteiger partial charge in [0.25, 0.3) is 0 Å². The summed E-state index contributed by atoms with van der Waals surface area (Å²) in [5.74, 6) is 1.64. The van der Waals surface area contributed by atoms with Gasteiger partial charge in [0.2, 0.25) is 0 Å². The van der Waals surface area contributed by atoms with E-state index in [0.717, 1.165) is 47.2 Å². The largest absolute Gasteiger partial charge is 0.493 e. The third kappa shape index (κ3) is 5.51. The van der Waals surface area contributed by atoms with Gasteiger partial charge < -0.3 is 15.2 Å². The van der Waals surface area contributed by atoms with Crippen molar-refractivity contribution in [1.82, 2.24) is 10.2 Å². The second-order valence-corrected chi connectivity index (χ2v) is 6.54. The van der Waals surface area contributed by atoms with E-state index < -0.39 is 0 Å². The molecule has 0 unspecified atom stereocenters. The number of H-pyrrole nitrogens is 1. The zero-order valence-electron chi connectivity index (χ0n) is 15.8. The van der Waals surface area contributed by atoms with Crippen LogP contribution in [-0.4, -0.2) is 16.8 Å². The van der Waals surface area contributed by atoms with Gasteiger partial charge in [-0.1, -0.05) is 38.3 Å². The van der Waals surface area contributed by atoms with Crippen LogP contribution in [0.4, 0.5) is 5.69 Å². The second-order valence-electron chi connectivity index (χ2n) is 6.54. The summed E-state index contributed by atoms with van der Waals surface area (Å²) < 4.78 is 11.8. The number of benzene rings is 2. The summed E-state index contributed by atoms with van der Waals surface area (Å²) in [7, 11) is 0. The van der Waals surface area contributed by atoms with Gasteiger partial charge in [0.05, 0.1) is 18.0 Å². The van der Waals surface area contributed by atoms with Gasteiger partial charge in [0.15, 0.2) is 0 Å². The monoisotopic (exact) mass is 365 g/mol. The average Bonchev–Trinajstić information content (AvgIpc) is 3.17. The van der Waals surface area contributed by atoms with Gasteiger partial charge >= 0.3 is 0 Å². The molecule has 0 radical (unpaired) electrons. The van der Waals surface area contributed by atoms with Crippen LogP contribution in [0.5, 0.6) is 11.5 Å². The highest BCUT2D eigenvalue weighted by atomic mass is 16.5. The SMILES string of the molecule is CCCCCCOc1ccccc1-c1cc(COc2ccc(N)cc2)[nH]n1. The molecule has 1 aromatic heterocycles. The van der Waals surface area contributed by atoms with Crippen LogP contribution in [0, 0.1) is 0 Å². The third-order valence-corrected chi connectivity index (χ3v) is 4.32. The van der Waals surface area contributed by atoms with Crippen LogP contribution in [0.1, 0.15) is 38.3 Å². The number of nitrogens with one attached hydrogen (secondary N) is 1. The molecule has 0 aliphatic carbocycles. The van der Waals surface area contributed by atoms with Gasteiger partial charge in [-0.15, -0.1) is 0 Å². The summed E-state index contributed by atoms with van der Waals surface area (Å²) in [5.41, 5.74) is 9.16. The van der Waals surface area contributed by atoms with Crippen molar-refractivity contribution in [1.29, 1.82) is 0 Å². The lowest BCUT2D eigenvalue weighted by molar-refractivity contribution is 0.301. The van der Waals surface area contributed by atoms with Crippen LogP contribution in [0.15, 0.2) is 54.6 Å². The first-order valence-corrected chi connectivity index (χ1v) is 9.51. The van der Waals surface area contributed by atoms with Gasteiger partial charge in [0, 0.05) is 11.3 Å². The number of aromatic nitrogens is 2. The van der Waals surface area contributed by atoms with E-state index >= 15 is 0 Å². The first kappa shape index (κ1) is 18.8. The van der Waals surface area contributed by atoms with Crippen molar-refractivity contribution < 1.29 is 9.47 Å². The lowest BCUT2D eigenvalue weighted by Crippen LogP contribution is -1.98. The number of rotatable bonds is 10. The van der Waals surface area contributed by atoms with Gasteiger partial charge in [-0.2, -0.15) is 5.10 Å². The van der Waals surface area contributed by atoms with Crippen LogP contribution < -0.4 is 15.2 Å². The number of anilines is 1. The van der Waals surface area contributed by atoms with Crippen molar-refractivity contribution in [3.05, 3.63) is 60.3 Å². The van der Waals surface area contributed by atoms with Gasteiger partial charge in [0.1, 0.15) is 18.1 Å². The fourth-order valence-electron chi connectivity index (χ4n) is 2.81. The normalized spacial score (nSPS) is 10.7. The van der Waals surface area contributed by atoms with Crippen LogP contribution in [0.3, 0.4) is 0 Å².